The fourth-order valence-corrected chi connectivity index (χ4v) is 12.1. The molecule has 5 heterocycles. The zero-order valence-electron chi connectivity index (χ0n) is 46.5. The number of likely N-dealkylation sites (tertiary alicyclic amines) is 1. The number of hydrogen-bond acceptors (Lipinski definition) is 12. The average molecular weight is 1090 g/mol. The quantitative estimate of drug-likeness (QED) is 0.0533. The molecule has 6 aromatic rings. The zero-order valence-corrected chi connectivity index (χ0v) is 47.3. The van der Waals surface area contributed by atoms with E-state index in [1.54, 1.807) is 22.3 Å². The molecule has 0 radical (unpaired) electrons. The molecule has 2 aromatic heterocycles. The number of anilines is 1. The molecule has 4 N–H and O–H groups in total. The van der Waals surface area contributed by atoms with Crippen molar-refractivity contribution in [1.29, 1.82) is 0 Å². The third kappa shape index (κ3) is 12.6. The number of thiazole rings is 1. The van der Waals surface area contributed by atoms with Gasteiger partial charge in [0.2, 0.25) is 11.8 Å². The van der Waals surface area contributed by atoms with E-state index in [-0.39, 0.29) is 73.2 Å². The zero-order chi connectivity index (χ0) is 56.1. The van der Waals surface area contributed by atoms with E-state index in [2.05, 4.69) is 38.5 Å². The number of nitrogens with zero attached hydrogens (tertiary/aromatic N) is 4. The number of nitrogens with one attached hydrogen (secondary N) is 3. The van der Waals surface area contributed by atoms with E-state index in [4.69, 9.17) is 14.2 Å². The Kier molecular flexibility index (Phi) is 17.7. The lowest BCUT2D eigenvalue weighted by Gasteiger charge is -2.37. The van der Waals surface area contributed by atoms with Crippen molar-refractivity contribution < 1.29 is 38.5 Å². The molecule has 0 saturated carbocycles. The van der Waals surface area contributed by atoms with Crippen molar-refractivity contribution in [3.8, 4) is 33.1 Å². The number of benzene rings is 4. The standard InChI is InChI=1S/C62H73N7O9S/c1-9-67(47-21-25-76-26-22-47)54-29-46(28-51(39(54)6)58(71)63-32-53-37(4)27-38(5)65-59(53)72)43-15-18-49(19-16-43)77-23-10-24-78-50-20-17-45-33-69(61(74)52(45)31-50)56(36(2)3)62(75)68-34-48(70)30-55(68)60(73)66-40(7)42-11-13-44(14-12-42)57-41(8)64-35-79-57/h11-20,27-29,31,35-36,40,47-48,55-56,70H,9-10,21-26,30,32-34H2,1-8H3,(H,63,71)(H,65,72)(H,66,73)/t40?,48-,55+,56?/m1/s1. The van der Waals surface area contributed by atoms with Crippen LogP contribution in [0, 0.1) is 33.6 Å². The molecular formula is C62H73N7O9S. The number of fused-ring (bicyclic) bond motifs is 1. The number of carbonyl (C=O) groups excluding carboxylic acids is 4. The van der Waals surface area contributed by atoms with Crippen LogP contribution in [0.15, 0.2) is 95.2 Å². The summed E-state index contributed by atoms with van der Waals surface area (Å²) in [4.78, 5) is 83.1. The summed E-state index contributed by atoms with van der Waals surface area (Å²) in [6.07, 6.45) is 1.56. The molecule has 0 bridgehead atoms. The SMILES string of the molecule is CCN(c1cc(-c2ccc(OCCCOc3ccc4c(c3)C(=O)N(C(C(=O)N3C[C@H](O)C[C@H]3C(=O)NC(C)c3ccc(-c5scnc5C)cc3)C(C)C)C4)cc2)cc(C(=O)NCc2c(C)cc(C)[nH]c2=O)c1C)C1CCOCC1. The number of aromatic nitrogens is 2. The summed E-state index contributed by atoms with van der Waals surface area (Å²) in [5.41, 5.74) is 12.1. The number of H-pyrrole nitrogens is 1. The van der Waals surface area contributed by atoms with Gasteiger partial charge >= 0.3 is 0 Å². The normalized spacial score (nSPS) is 17.2. The van der Waals surface area contributed by atoms with Crippen LogP contribution >= 0.6 is 11.3 Å². The summed E-state index contributed by atoms with van der Waals surface area (Å²) in [7, 11) is 0. The molecule has 9 rings (SSSR count). The molecule has 3 aliphatic rings. The molecule has 17 heteroatoms. The number of hydrogen-bond donors (Lipinski definition) is 4. The Morgan fingerprint density at radius 2 is 1.58 bits per heavy atom. The van der Waals surface area contributed by atoms with Crippen LogP contribution in [0.25, 0.3) is 21.6 Å². The number of rotatable bonds is 20. The van der Waals surface area contributed by atoms with E-state index >= 15 is 0 Å². The largest absolute Gasteiger partial charge is 0.493 e. The van der Waals surface area contributed by atoms with Gasteiger partial charge in [-0.3, -0.25) is 24.0 Å². The molecule has 2 saturated heterocycles. The highest BCUT2D eigenvalue weighted by atomic mass is 32.1. The summed E-state index contributed by atoms with van der Waals surface area (Å²) < 4.78 is 18.0. The summed E-state index contributed by atoms with van der Waals surface area (Å²) in [6.45, 7) is 18.6. The lowest BCUT2D eigenvalue weighted by Crippen LogP contribution is -2.55. The molecule has 79 heavy (non-hydrogen) atoms. The number of aliphatic hydroxyl groups is 1. The number of carbonyl (C=O) groups is 4. The first-order valence-corrected chi connectivity index (χ1v) is 28.4. The molecule has 4 atom stereocenters. The molecule has 4 amide bonds. The van der Waals surface area contributed by atoms with Crippen LogP contribution in [0.2, 0.25) is 0 Å². The van der Waals surface area contributed by atoms with Gasteiger partial charge in [0.1, 0.15) is 23.6 Å². The Labute approximate surface area is 466 Å². The third-order valence-electron chi connectivity index (χ3n) is 15.6. The molecule has 0 aliphatic carbocycles. The van der Waals surface area contributed by atoms with Crippen LogP contribution in [0.5, 0.6) is 11.5 Å². The Morgan fingerprint density at radius 3 is 2.25 bits per heavy atom. The van der Waals surface area contributed by atoms with Gasteiger partial charge in [-0.15, -0.1) is 11.3 Å². The summed E-state index contributed by atoms with van der Waals surface area (Å²) >= 11 is 1.58. The Hall–Kier alpha value is -7.34. The van der Waals surface area contributed by atoms with Crippen molar-refractivity contribution in [2.45, 2.75) is 124 Å². The van der Waals surface area contributed by atoms with Gasteiger partial charge in [-0.1, -0.05) is 56.3 Å². The third-order valence-corrected chi connectivity index (χ3v) is 16.6. The van der Waals surface area contributed by atoms with Crippen molar-refractivity contribution in [2.75, 3.05) is 44.4 Å². The maximum atomic E-state index is 14.5. The van der Waals surface area contributed by atoms with Crippen LogP contribution in [0.1, 0.15) is 119 Å². The van der Waals surface area contributed by atoms with Gasteiger partial charge in [-0.25, -0.2) is 4.98 Å². The Balaban J connectivity index is 0.799. The second-order valence-electron chi connectivity index (χ2n) is 21.5. The lowest BCUT2D eigenvalue weighted by molar-refractivity contribution is -0.143. The van der Waals surface area contributed by atoms with Crippen LogP contribution < -0.4 is 30.6 Å². The summed E-state index contributed by atoms with van der Waals surface area (Å²) in [5.74, 6) is -0.357. The maximum Gasteiger partial charge on any atom is 0.255 e. The van der Waals surface area contributed by atoms with Crippen molar-refractivity contribution >= 4 is 40.7 Å². The van der Waals surface area contributed by atoms with Crippen molar-refractivity contribution in [2.24, 2.45) is 5.92 Å². The number of ether oxygens (including phenoxy) is 3. The number of aromatic amines is 1. The summed E-state index contributed by atoms with van der Waals surface area (Å²) in [6, 6.07) is 25.3. The molecular weight excluding hydrogens is 1020 g/mol. The molecule has 416 valence electrons. The number of amides is 4. The minimum Gasteiger partial charge on any atom is -0.493 e. The highest BCUT2D eigenvalue weighted by molar-refractivity contribution is 7.13. The van der Waals surface area contributed by atoms with Gasteiger partial charge in [-0.2, -0.15) is 0 Å². The van der Waals surface area contributed by atoms with Crippen LogP contribution in [0.4, 0.5) is 5.69 Å². The first-order valence-electron chi connectivity index (χ1n) is 27.5. The number of aryl methyl sites for hydroxylation is 3. The average Bonchev–Trinajstić information content (AvgIpc) is 4.19. The number of pyridine rings is 1. The van der Waals surface area contributed by atoms with Crippen LogP contribution in [0.3, 0.4) is 0 Å². The van der Waals surface area contributed by atoms with E-state index in [0.29, 0.717) is 61.0 Å². The monoisotopic (exact) mass is 1090 g/mol. The smallest absolute Gasteiger partial charge is 0.255 e. The van der Waals surface area contributed by atoms with E-state index in [9.17, 15) is 29.1 Å². The van der Waals surface area contributed by atoms with Crippen LogP contribution in [-0.4, -0.2) is 112 Å². The van der Waals surface area contributed by atoms with Gasteiger partial charge in [0.05, 0.1) is 41.4 Å². The fraction of sp³-hybridized carbons (Fsp3) is 0.419. The Bertz CT molecular complexity index is 3240. The fourth-order valence-electron chi connectivity index (χ4n) is 11.3. The molecule has 16 nitrogen and oxygen atoms in total. The lowest BCUT2D eigenvalue weighted by atomic mass is 9.95. The van der Waals surface area contributed by atoms with E-state index in [1.807, 2.05) is 127 Å². The Morgan fingerprint density at radius 1 is 0.886 bits per heavy atom. The van der Waals surface area contributed by atoms with Crippen molar-refractivity contribution in [3.05, 3.63) is 151 Å². The molecule has 3 aliphatic heterocycles. The summed E-state index contributed by atoms with van der Waals surface area (Å²) in [5, 5.41) is 16.9. The second-order valence-corrected chi connectivity index (χ2v) is 22.3. The number of β-amino-alcohol motifs (C(OH)–C–C–N with tert-alkyl or cyclic N) is 1. The van der Waals surface area contributed by atoms with Gasteiger partial charge in [0.15, 0.2) is 0 Å². The van der Waals surface area contributed by atoms with E-state index < -0.39 is 18.2 Å². The predicted molar refractivity (Wildman–Crippen MR) is 307 cm³/mol. The second kappa shape index (κ2) is 24.8. The van der Waals surface area contributed by atoms with Crippen LogP contribution in [-0.2, 0) is 27.4 Å². The highest BCUT2D eigenvalue weighted by Gasteiger charge is 2.46. The first kappa shape index (κ1) is 56.4. The van der Waals surface area contributed by atoms with Crippen molar-refractivity contribution in [3.63, 3.8) is 0 Å². The van der Waals surface area contributed by atoms with Crippen molar-refractivity contribution in [1.82, 2.24) is 30.4 Å². The van der Waals surface area contributed by atoms with E-state index in [1.165, 1.54) is 4.90 Å². The van der Waals surface area contributed by atoms with Gasteiger partial charge < -0.3 is 49.6 Å². The van der Waals surface area contributed by atoms with Gasteiger partial charge in [-0.05, 0) is 142 Å². The molecule has 0 spiro atoms. The minimum atomic E-state index is -0.897. The minimum absolute atomic E-state index is 0.00685. The maximum absolute atomic E-state index is 14.5. The van der Waals surface area contributed by atoms with Gasteiger partial charge in [0, 0.05) is 86.3 Å². The molecule has 2 unspecified atom stereocenters. The highest BCUT2D eigenvalue weighted by Crippen LogP contribution is 2.36. The molecule has 4 aromatic carbocycles. The molecule has 2 fully saturated rings. The first-order chi connectivity index (χ1) is 38.0. The van der Waals surface area contributed by atoms with Gasteiger partial charge in [0.25, 0.3) is 17.4 Å². The topological polar surface area (TPSA) is 196 Å². The predicted octanol–water partition coefficient (Wildman–Crippen LogP) is 9.00. The number of aliphatic hydroxyl groups excluding tert-OH is 1. The van der Waals surface area contributed by atoms with E-state index in [0.717, 1.165) is 80.3 Å².